The van der Waals surface area contributed by atoms with Crippen LogP contribution in [0.15, 0.2) is 53.3 Å². The predicted octanol–water partition coefficient (Wildman–Crippen LogP) is 2.44. The standard InChI is InChI=1S/C22H24N4O3/c1-15-4-3-5-17(14-15)21-24-22(28)19(25-26-21)10-11-20(27)23-13-12-16-6-8-18(29-2)9-7-16/h3-9,14H,10-13H2,1-2H3,(H,23,27)(H,24,26,28). The van der Waals surface area contributed by atoms with E-state index in [2.05, 4.69) is 20.5 Å². The first-order valence-electron chi connectivity index (χ1n) is 9.47. The molecule has 1 amide bonds. The maximum absolute atomic E-state index is 12.3. The number of hydrogen-bond donors (Lipinski definition) is 2. The van der Waals surface area contributed by atoms with E-state index in [-0.39, 0.29) is 30.0 Å². The van der Waals surface area contributed by atoms with Crippen LogP contribution in [0.5, 0.6) is 5.75 Å². The van der Waals surface area contributed by atoms with Crippen molar-refractivity contribution in [3.8, 4) is 17.1 Å². The molecule has 3 rings (SSSR count). The molecule has 1 aromatic heterocycles. The van der Waals surface area contributed by atoms with E-state index in [1.165, 1.54) is 0 Å². The molecule has 0 atom stereocenters. The van der Waals surface area contributed by atoms with E-state index >= 15 is 0 Å². The molecule has 1 heterocycles. The van der Waals surface area contributed by atoms with Crippen molar-refractivity contribution in [2.75, 3.05) is 13.7 Å². The van der Waals surface area contributed by atoms with Gasteiger partial charge in [0, 0.05) is 24.9 Å². The molecule has 0 saturated carbocycles. The van der Waals surface area contributed by atoms with Crippen LogP contribution in [-0.2, 0) is 17.6 Å². The Hall–Kier alpha value is -3.48. The molecule has 0 fully saturated rings. The SMILES string of the molecule is COc1ccc(CCNC(=O)CCc2nnc(-c3cccc(C)c3)[nH]c2=O)cc1. The molecule has 0 aliphatic heterocycles. The van der Waals surface area contributed by atoms with Gasteiger partial charge in [0.2, 0.25) is 5.91 Å². The highest BCUT2D eigenvalue weighted by Gasteiger charge is 2.09. The Morgan fingerprint density at radius 2 is 1.90 bits per heavy atom. The molecule has 0 unspecified atom stereocenters. The average Bonchev–Trinajstić information content (AvgIpc) is 2.73. The first-order chi connectivity index (χ1) is 14.0. The number of rotatable bonds is 8. The fraction of sp³-hybridized carbons (Fsp3) is 0.273. The lowest BCUT2D eigenvalue weighted by Gasteiger charge is -2.06. The van der Waals surface area contributed by atoms with E-state index in [1.54, 1.807) is 7.11 Å². The zero-order valence-corrected chi connectivity index (χ0v) is 16.6. The number of carbonyl (C=O) groups is 1. The molecular formula is C22H24N4O3. The molecule has 2 N–H and O–H groups in total. The van der Waals surface area contributed by atoms with Crippen LogP contribution in [-0.4, -0.2) is 34.7 Å². The van der Waals surface area contributed by atoms with Crippen LogP contribution in [0.1, 0.15) is 23.2 Å². The fourth-order valence-electron chi connectivity index (χ4n) is 2.91. The number of hydrogen-bond acceptors (Lipinski definition) is 5. The van der Waals surface area contributed by atoms with E-state index in [9.17, 15) is 9.59 Å². The van der Waals surface area contributed by atoms with E-state index in [0.717, 1.165) is 28.9 Å². The van der Waals surface area contributed by atoms with Crippen molar-refractivity contribution in [1.29, 1.82) is 0 Å². The summed E-state index contributed by atoms with van der Waals surface area (Å²) in [6.45, 7) is 2.50. The molecule has 2 aromatic carbocycles. The lowest BCUT2D eigenvalue weighted by molar-refractivity contribution is -0.121. The molecule has 7 nitrogen and oxygen atoms in total. The second-order valence-corrected chi connectivity index (χ2v) is 6.77. The Kier molecular flexibility index (Phi) is 6.73. The lowest BCUT2D eigenvalue weighted by atomic mass is 10.1. The van der Waals surface area contributed by atoms with Crippen molar-refractivity contribution < 1.29 is 9.53 Å². The summed E-state index contributed by atoms with van der Waals surface area (Å²) in [4.78, 5) is 27.1. The fourth-order valence-corrected chi connectivity index (χ4v) is 2.91. The second kappa shape index (κ2) is 9.64. The molecule has 3 aromatic rings. The van der Waals surface area contributed by atoms with Crippen molar-refractivity contribution >= 4 is 5.91 Å². The van der Waals surface area contributed by atoms with Crippen LogP contribution in [0.4, 0.5) is 0 Å². The number of H-pyrrole nitrogens is 1. The molecule has 7 heteroatoms. The summed E-state index contributed by atoms with van der Waals surface area (Å²) < 4.78 is 5.12. The van der Waals surface area contributed by atoms with Crippen LogP contribution < -0.4 is 15.6 Å². The molecule has 0 saturated heterocycles. The highest BCUT2D eigenvalue weighted by molar-refractivity contribution is 5.76. The van der Waals surface area contributed by atoms with Crippen LogP contribution >= 0.6 is 0 Å². The normalized spacial score (nSPS) is 10.6. The molecule has 0 spiro atoms. The maximum atomic E-state index is 12.3. The van der Waals surface area contributed by atoms with Gasteiger partial charge < -0.3 is 15.0 Å². The first-order valence-corrected chi connectivity index (χ1v) is 9.47. The zero-order chi connectivity index (χ0) is 20.6. The summed E-state index contributed by atoms with van der Waals surface area (Å²) in [5.41, 5.74) is 2.92. The van der Waals surface area contributed by atoms with Gasteiger partial charge in [-0.15, -0.1) is 10.2 Å². The minimum Gasteiger partial charge on any atom is -0.497 e. The Morgan fingerprint density at radius 3 is 2.59 bits per heavy atom. The van der Waals surface area contributed by atoms with E-state index in [4.69, 9.17) is 4.74 Å². The van der Waals surface area contributed by atoms with Gasteiger partial charge in [0.25, 0.3) is 5.56 Å². The molecule has 29 heavy (non-hydrogen) atoms. The highest BCUT2D eigenvalue weighted by Crippen LogP contribution is 2.14. The van der Waals surface area contributed by atoms with Crippen molar-refractivity contribution in [3.63, 3.8) is 0 Å². The summed E-state index contributed by atoms with van der Waals surface area (Å²) in [5, 5.41) is 11.0. The molecule has 150 valence electrons. The molecule has 0 aliphatic carbocycles. The minimum atomic E-state index is -0.317. The third-order valence-corrected chi connectivity index (χ3v) is 4.54. The number of nitrogens with one attached hydrogen (secondary N) is 2. The number of amides is 1. The van der Waals surface area contributed by atoms with Crippen LogP contribution in [0.25, 0.3) is 11.4 Å². The zero-order valence-electron chi connectivity index (χ0n) is 16.6. The number of ether oxygens (including phenoxy) is 1. The van der Waals surface area contributed by atoms with E-state index in [1.807, 2.05) is 55.5 Å². The quantitative estimate of drug-likeness (QED) is 0.614. The summed E-state index contributed by atoms with van der Waals surface area (Å²) in [6, 6.07) is 15.4. The maximum Gasteiger partial charge on any atom is 0.273 e. The number of nitrogens with zero attached hydrogens (tertiary/aromatic N) is 2. The summed E-state index contributed by atoms with van der Waals surface area (Å²) in [5.74, 6) is 1.10. The van der Waals surface area contributed by atoms with Gasteiger partial charge in [-0.25, -0.2) is 0 Å². The minimum absolute atomic E-state index is 0.123. The predicted molar refractivity (Wildman–Crippen MR) is 111 cm³/mol. The number of methoxy groups -OCH3 is 1. The summed E-state index contributed by atoms with van der Waals surface area (Å²) >= 11 is 0. The third kappa shape index (κ3) is 5.75. The molecular weight excluding hydrogens is 368 g/mol. The van der Waals surface area contributed by atoms with Gasteiger partial charge >= 0.3 is 0 Å². The summed E-state index contributed by atoms with van der Waals surface area (Å²) in [7, 11) is 1.63. The second-order valence-electron chi connectivity index (χ2n) is 6.77. The van der Waals surface area contributed by atoms with Crippen molar-refractivity contribution in [2.45, 2.75) is 26.2 Å². The van der Waals surface area contributed by atoms with Gasteiger partial charge in [-0.1, -0.05) is 35.9 Å². The van der Waals surface area contributed by atoms with Gasteiger partial charge in [-0.2, -0.15) is 0 Å². The van der Waals surface area contributed by atoms with E-state index in [0.29, 0.717) is 12.4 Å². The topological polar surface area (TPSA) is 97.0 Å². The average molecular weight is 392 g/mol. The number of aromatic amines is 1. The Bertz CT molecular complexity index is 1030. The lowest BCUT2D eigenvalue weighted by Crippen LogP contribution is -2.27. The van der Waals surface area contributed by atoms with Gasteiger partial charge in [0.1, 0.15) is 11.4 Å². The van der Waals surface area contributed by atoms with Gasteiger partial charge in [0.05, 0.1) is 7.11 Å². The first kappa shape index (κ1) is 20.3. The number of carbonyl (C=O) groups excluding carboxylic acids is 1. The van der Waals surface area contributed by atoms with Crippen molar-refractivity contribution in [3.05, 3.63) is 75.7 Å². The van der Waals surface area contributed by atoms with Gasteiger partial charge in [-0.3, -0.25) is 9.59 Å². The van der Waals surface area contributed by atoms with Crippen LogP contribution in [0.2, 0.25) is 0 Å². The van der Waals surface area contributed by atoms with Crippen molar-refractivity contribution in [1.82, 2.24) is 20.5 Å². The number of aromatic nitrogens is 3. The monoisotopic (exact) mass is 392 g/mol. The largest absolute Gasteiger partial charge is 0.497 e. The van der Waals surface area contributed by atoms with Crippen LogP contribution in [0, 0.1) is 6.92 Å². The highest BCUT2D eigenvalue weighted by atomic mass is 16.5. The number of aryl methyl sites for hydroxylation is 2. The molecule has 0 radical (unpaired) electrons. The molecule has 0 aliphatic rings. The summed E-state index contributed by atoms with van der Waals surface area (Å²) in [6.07, 6.45) is 1.15. The van der Waals surface area contributed by atoms with E-state index < -0.39 is 0 Å². The van der Waals surface area contributed by atoms with Gasteiger partial charge in [-0.05, 0) is 37.1 Å². The van der Waals surface area contributed by atoms with Crippen molar-refractivity contribution in [2.24, 2.45) is 0 Å². The molecule has 0 bridgehead atoms. The van der Waals surface area contributed by atoms with Gasteiger partial charge in [0.15, 0.2) is 5.82 Å². The van der Waals surface area contributed by atoms with Crippen LogP contribution in [0.3, 0.4) is 0 Å². The Labute approximate surface area is 169 Å². The Morgan fingerprint density at radius 1 is 1.10 bits per heavy atom. The Balaban J connectivity index is 1.49. The smallest absolute Gasteiger partial charge is 0.273 e. The number of benzene rings is 2. The third-order valence-electron chi connectivity index (χ3n) is 4.54.